The first kappa shape index (κ1) is 11.3. The summed E-state index contributed by atoms with van der Waals surface area (Å²) in [5, 5.41) is 0. The topological polar surface area (TPSA) is 65.0 Å². The number of hydrogen-bond donors (Lipinski definition) is 1. The summed E-state index contributed by atoms with van der Waals surface area (Å²) in [7, 11) is 0. The molecule has 4 heteroatoms. The van der Waals surface area contributed by atoms with Crippen molar-refractivity contribution < 1.29 is 4.79 Å². The largest absolute Gasteiger partial charge is 0.344 e. The van der Waals surface area contributed by atoms with Crippen LogP contribution in [-0.2, 0) is 0 Å². The summed E-state index contributed by atoms with van der Waals surface area (Å²) in [6, 6.07) is 0. The molecule has 0 aliphatic heterocycles. The van der Waals surface area contributed by atoms with E-state index in [0.29, 0.717) is 0 Å². The van der Waals surface area contributed by atoms with E-state index in [2.05, 4.69) is 4.98 Å². The van der Waals surface area contributed by atoms with Crippen molar-refractivity contribution in [2.45, 2.75) is 20.8 Å². The van der Waals surface area contributed by atoms with Crippen LogP contribution in [0.25, 0.3) is 0 Å². The van der Waals surface area contributed by atoms with Crippen molar-refractivity contribution >= 4 is 17.1 Å². The molecule has 1 aromatic rings. The van der Waals surface area contributed by atoms with Crippen molar-refractivity contribution in [2.75, 3.05) is 0 Å². The molecule has 3 N–H and O–H groups in total. The molecule has 0 atom stereocenters. The molecule has 0 aliphatic carbocycles. The Balaban J connectivity index is 0.00000121. The van der Waals surface area contributed by atoms with Gasteiger partial charge in [0.25, 0.3) is 0 Å². The maximum Gasteiger partial charge on any atom is 0.179 e. The summed E-state index contributed by atoms with van der Waals surface area (Å²) in [6.07, 6.45) is 1.62. The molecule has 0 aromatic carbocycles. The van der Waals surface area contributed by atoms with Gasteiger partial charge >= 0.3 is 0 Å². The molecule has 1 heterocycles. The number of Topliss-reactive ketones (excluding diaryl/α,β-unsaturated/α-hetero) is 1. The minimum Gasteiger partial charge on any atom is -0.344 e. The number of carbonyl (C=O) groups is 1. The van der Waals surface area contributed by atoms with Crippen molar-refractivity contribution in [2.24, 2.45) is 5.41 Å². The number of ketones is 1. The summed E-state index contributed by atoms with van der Waals surface area (Å²) in [6.45, 7) is 5.74. The van der Waals surface area contributed by atoms with Gasteiger partial charge in [0.05, 0.1) is 10.4 Å². The van der Waals surface area contributed by atoms with Gasteiger partial charge in [-0.15, -0.1) is 11.3 Å². The van der Waals surface area contributed by atoms with Gasteiger partial charge in [-0.25, -0.2) is 0 Å². The second kappa shape index (κ2) is 3.78. The quantitative estimate of drug-likeness (QED) is 0.685. The summed E-state index contributed by atoms with van der Waals surface area (Å²) >= 11 is 1.40. The summed E-state index contributed by atoms with van der Waals surface area (Å²) in [4.78, 5) is 16.1. The lowest BCUT2D eigenvalue weighted by atomic mass is 9.90. The van der Waals surface area contributed by atoms with Crippen LogP contribution in [0.3, 0.4) is 0 Å². The van der Waals surface area contributed by atoms with Crippen LogP contribution < -0.4 is 6.15 Å². The molecular weight excluding hydrogens is 172 g/mol. The molecule has 0 aliphatic rings. The number of aromatic nitrogens is 1. The van der Waals surface area contributed by atoms with Crippen molar-refractivity contribution in [3.8, 4) is 0 Å². The zero-order chi connectivity index (χ0) is 8.48. The van der Waals surface area contributed by atoms with E-state index in [4.69, 9.17) is 0 Å². The molecule has 0 fully saturated rings. The van der Waals surface area contributed by atoms with Gasteiger partial charge in [-0.3, -0.25) is 9.78 Å². The molecular formula is C8H14N2OS. The standard InChI is InChI=1S/C8H11NOS.H3N/c1-8(2,3)7(10)6-4-9-5-11-6;/h4-5H,1-3H3;1H3. The Hall–Kier alpha value is -0.740. The predicted molar refractivity (Wildman–Crippen MR) is 50.9 cm³/mol. The lowest BCUT2D eigenvalue weighted by Gasteiger charge is -2.14. The maximum atomic E-state index is 11.5. The fourth-order valence-electron chi connectivity index (χ4n) is 0.698. The number of hydrogen-bond acceptors (Lipinski definition) is 4. The summed E-state index contributed by atoms with van der Waals surface area (Å²) in [5.74, 6) is 0.167. The summed E-state index contributed by atoms with van der Waals surface area (Å²) < 4.78 is 0. The SMILES string of the molecule is CC(C)(C)C(=O)c1cncs1.N. The molecule has 1 aromatic heterocycles. The molecule has 0 saturated carbocycles. The van der Waals surface area contributed by atoms with Crippen molar-refractivity contribution in [3.05, 3.63) is 16.6 Å². The molecule has 0 radical (unpaired) electrons. The number of carbonyl (C=O) groups excluding carboxylic acids is 1. The molecule has 0 bridgehead atoms. The van der Waals surface area contributed by atoms with Gasteiger partial charge in [0, 0.05) is 11.6 Å². The minimum atomic E-state index is -0.285. The highest BCUT2D eigenvalue weighted by atomic mass is 32.1. The van der Waals surface area contributed by atoms with Crippen LogP contribution in [0.4, 0.5) is 0 Å². The Morgan fingerprint density at radius 1 is 1.50 bits per heavy atom. The predicted octanol–water partition coefficient (Wildman–Crippen LogP) is 2.53. The molecule has 0 amide bonds. The summed E-state index contributed by atoms with van der Waals surface area (Å²) in [5.41, 5.74) is 1.39. The van der Waals surface area contributed by atoms with Gasteiger partial charge < -0.3 is 6.15 Å². The number of rotatable bonds is 1. The van der Waals surface area contributed by atoms with Gasteiger partial charge in [-0.2, -0.15) is 0 Å². The van der Waals surface area contributed by atoms with Crippen molar-refractivity contribution in [1.29, 1.82) is 0 Å². The number of thiazole rings is 1. The third kappa shape index (κ3) is 2.39. The Kier molecular flexibility index (Phi) is 3.55. The highest BCUT2D eigenvalue weighted by Gasteiger charge is 2.23. The van der Waals surface area contributed by atoms with Crippen LogP contribution in [-0.4, -0.2) is 10.8 Å². The molecule has 0 unspecified atom stereocenters. The zero-order valence-electron chi connectivity index (χ0n) is 7.63. The van der Waals surface area contributed by atoms with Crippen LogP contribution in [0.1, 0.15) is 30.4 Å². The van der Waals surface area contributed by atoms with E-state index in [-0.39, 0.29) is 17.3 Å². The van der Waals surface area contributed by atoms with E-state index in [1.54, 1.807) is 11.7 Å². The third-order valence-electron chi connectivity index (χ3n) is 1.34. The van der Waals surface area contributed by atoms with E-state index in [1.165, 1.54) is 11.3 Å². The van der Waals surface area contributed by atoms with Gasteiger partial charge in [0.15, 0.2) is 5.78 Å². The van der Waals surface area contributed by atoms with Gasteiger partial charge in [-0.1, -0.05) is 20.8 Å². The monoisotopic (exact) mass is 186 g/mol. The zero-order valence-corrected chi connectivity index (χ0v) is 8.44. The molecule has 0 spiro atoms. The fourth-order valence-corrected chi connectivity index (χ4v) is 1.47. The van der Waals surface area contributed by atoms with Gasteiger partial charge in [0.1, 0.15) is 0 Å². The lowest BCUT2D eigenvalue weighted by molar-refractivity contribution is 0.0862. The second-order valence-electron chi connectivity index (χ2n) is 3.44. The molecule has 0 saturated heterocycles. The first-order valence-electron chi connectivity index (χ1n) is 3.45. The Labute approximate surface area is 76.4 Å². The van der Waals surface area contributed by atoms with E-state index >= 15 is 0 Å². The van der Waals surface area contributed by atoms with E-state index in [9.17, 15) is 4.79 Å². The van der Waals surface area contributed by atoms with Gasteiger partial charge in [-0.05, 0) is 0 Å². The number of nitrogens with zero attached hydrogens (tertiary/aromatic N) is 1. The van der Waals surface area contributed by atoms with Crippen LogP contribution in [0.5, 0.6) is 0 Å². The average Bonchev–Trinajstić information content (AvgIpc) is 2.34. The van der Waals surface area contributed by atoms with Crippen LogP contribution in [0, 0.1) is 5.41 Å². The molecule has 12 heavy (non-hydrogen) atoms. The highest BCUT2D eigenvalue weighted by molar-refractivity contribution is 7.11. The molecule has 1 rings (SSSR count). The van der Waals surface area contributed by atoms with Crippen molar-refractivity contribution in [3.63, 3.8) is 0 Å². The maximum absolute atomic E-state index is 11.5. The normalized spacial score (nSPS) is 10.6. The Morgan fingerprint density at radius 2 is 2.08 bits per heavy atom. The Morgan fingerprint density at radius 3 is 2.42 bits per heavy atom. The first-order valence-corrected chi connectivity index (χ1v) is 4.33. The van der Waals surface area contributed by atoms with Gasteiger partial charge in [0.2, 0.25) is 0 Å². The first-order chi connectivity index (χ1) is 5.02. The van der Waals surface area contributed by atoms with Crippen LogP contribution in [0.2, 0.25) is 0 Å². The van der Waals surface area contributed by atoms with Crippen LogP contribution in [0.15, 0.2) is 11.7 Å². The van der Waals surface area contributed by atoms with Crippen molar-refractivity contribution in [1.82, 2.24) is 11.1 Å². The van der Waals surface area contributed by atoms with Crippen LogP contribution >= 0.6 is 11.3 Å². The third-order valence-corrected chi connectivity index (χ3v) is 2.11. The second-order valence-corrected chi connectivity index (χ2v) is 4.33. The molecule has 68 valence electrons. The van der Waals surface area contributed by atoms with E-state index in [1.807, 2.05) is 20.8 Å². The molecule has 3 nitrogen and oxygen atoms in total. The minimum absolute atomic E-state index is 0. The Bertz CT molecular complexity index is 249. The smallest absolute Gasteiger partial charge is 0.179 e. The lowest BCUT2D eigenvalue weighted by Crippen LogP contribution is -2.18. The van der Waals surface area contributed by atoms with E-state index in [0.717, 1.165) is 4.88 Å². The average molecular weight is 186 g/mol. The van der Waals surface area contributed by atoms with E-state index < -0.39 is 0 Å². The fraction of sp³-hybridized carbons (Fsp3) is 0.500. The highest BCUT2D eigenvalue weighted by Crippen LogP contribution is 2.22.